The third-order valence-corrected chi connectivity index (χ3v) is 8.45. The first-order valence-electron chi connectivity index (χ1n) is 20.8. The minimum absolute atomic E-state index is 0.0276. The smallest absolute Gasteiger partial charge is 0.397 e. The van der Waals surface area contributed by atoms with Crippen molar-refractivity contribution in [3.05, 3.63) is 42.5 Å². The number of hydrogen-bond acceptors (Lipinski definition) is 15. The van der Waals surface area contributed by atoms with E-state index in [-0.39, 0.29) is 25.9 Å². The fourth-order valence-corrected chi connectivity index (χ4v) is 5.27. The minimum Gasteiger partial charge on any atom is -0.491 e. The van der Waals surface area contributed by atoms with E-state index < -0.39 is 10.4 Å². The van der Waals surface area contributed by atoms with Gasteiger partial charge in [-0.15, -0.1) is 6.58 Å². The van der Waals surface area contributed by atoms with Gasteiger partial charge >= 0.3 is 10.4 Å². The maximum Gasteiger partial charge on any atom is 0.397 e. The zero-order chi connectivity index (χ0) is 41.9. The molecule has 1 rings (SSSR count). The van der Waals surface area contributed by atoms with E-state index in [1.165, 1.54) is 50.5 Å². The summed E-state index contributed by atoms with van der Waals surface area (Å²) in [6.07, 6.45) is 11.8. The van der Waals surface area contributed by atoms with E-state index in [1.54, 1.807) is 6.08 Å². The van der Waals surface area contributed by atoms with Crippen LogP contribution in [0.15, 0.2) is 36.9 Å². The summed E-state index contributed by atoms with van der Waals surface area (Å²) in [4.78, 5) is 0. The van der Waals surface area contributed by atoms with Gasteiger partial charge in [0.2, 0.25) is 0 Å². The van der Waals surface area contributed by atoms with Gasteiger partial charge in [0.25, 0.3) is 0 Å². The number of ether oxygens (including phenoxy) is 12. The summed E-state index contributed by atoms with van der Waals surface area (Å²) in [5, 5.41) is 0. The van der Waals surface area contributed by atoms with Crippen LogP contribution in [0, 0.1) is 0 Å². The predicted octanol–water partition coefficient (Wildman–Crippen LogP) is 4.92. The molecule has 58 heavy (non-hydrogen) atoms. The Bertz CT molecular complexity index is 1110. The Hall–Kier alpha value is -1.81. The number of rotatable bonds is 47. The van der Waals surface area contributed by atoms with Crippen LogP contribution >= 0.6 is 0 Å². The lowest BCUT2D eigenvalue weighted by atomic mass is 10.0. The number of aryl methyl sites for hydroxylation is 1. The fraction of sp³-hybridized carbons (Fsp3) is 0.805. The zero-order valence-electron chi connectivity index (χ0n) is 35.1. The van der Waals surface area contributed by atoms with Crippen molar-refractivity contribution in [2.24, 2.45) is 0 Å². The molecule has 0 heterocycles. The molecular formula is C41H74O16S. The van der Waals surface area contributed by atoms with Gasteiger partial charge in [0, 0.05) is 0 Å². The quantitative estimate of drug-likeness (QED) is 0.0532. The molecule has 1 atom stereocenters. The van der Waals surface area contributed by atoms with E-state index in [4.69, 9.17) is 61.4 Å². The lowest BCUT2D eigenvalue weighted by Crippen LogP contribution is -2.29. The van der Waals surface area contributed by atoms with Gasteiger partial charge in [-0.1, -0.05) is 63.7 Å². The Morgan fingerprint density at radius 3 is 1.34 bits per heavy atom. The van der Waals surface area contributed by atoms with Gasteiger partial charge in [0.1, 0.15) is 18.5 Å². The molecule has 0 aliphatic heterocycles. The summed E-state index contributed by atoms with van der Waals surface area (Å²) < 4.78 is 99.9. The second-order valence-electron chi connectivity index (χ2n) is 12.9. The highest BCUT2D eigenvalue weighted by molar-refractivity contribution is 7.80. The molecule has 16 nitrogen and oxygen atoms in total. The van der Waals surface area contributed by atoms with Crippen LogP contribution in [-0.2, 0) is 73.1 Å². The molecule has 0 saturated heterocycles. The van der Waals surface area contributed by atoms with Gasteiger partial charge in [-0.2, -0.15) is 8.42 Å². The van der Waals surface area contributed by atoms with E-state index in [2.05, 4.69) is 29.8 Å². The summed E-state index contributed by atoms with van der Waals surface area (Å²) in [7, 11) is -4.43. The van der Waals surface area contributed by atoms with Crippen LogP contribution in [0.3, 0.4) is 0 Å². The molecule has 340 valence electrons. The maximum atomic E-state index is 10.4. The molecule has 1 aromatic rings. The molecule has 17 heteroatoms. The normalized spacial score (nSPS) is 12.3. The minimum atomic E-state index is -4.43. The highest BCUT2D eigenvalue weighted by Crippen LogP contribution is 2.16. The zero-order valence-corrected chi connectivity index (χ0v) is 35.9. The monoisotopic (exact) mass is 854 g/mol. The molecule has 0 fully saturated rings. The highest BCUT2D eigenvalue weighted by atomic mass is 32.3. The number of hydrogen-bond donors (Lipinski definition) is 1. The molecule has 0 saturated carbocycles. The van der Waals surface area contributed by atoms with Crippen molar-refractivity contribution in [3.63, 3.8) is 0 Å². The highest BCUT2D eigenvalue weighted by Gasteiger charge is 2.11. The summed E-state index contributed by atoms with van der Waals surface area (Å²) in [6, 6.07) is 8.37. The Balaban J connectivity index is 1.86. The van der Waals surface area contributed by atoms with E-state index in [1.807, 2.05) is 12.1 Å². The lowest BCUT2D eigenvalue weighted by Gasteiger charge is -2.19. The Kier molecular flexibility index (Phi) is 39.2. The molecule has 0 radical (unpaired) electrons. The van der Waals surface area contributed by atoms with Crippen molar-refractivity contribution in [1.29, 1.82) is 0 Å². The van der Waals surface area contributed by atoms with Crippen LogP contribution in [0.4, 0.5) is 0 Å². The van der Waals surface area contributed by atoms with E-state index >= 15 is 0 Å². The van der Waals surface area contributed by atoms with Crippen LogP contribution in [-0.4, -0.2) is 171 Å². The maximum absolute atomic E-state index is 10.4. The van der Waals surface area contributed by atoms with Crippen LogP contribution < -0.4 is 4.74 Å². The Morgan fingerprint density at radius 1 is 0.534 bits per heavy atom. The molecule has 0 aliphatic carbocycles. The Labute approximate surface area is 348 Å². The molecule has 0 aliphatic rings. The first-order valence-corrected chi connectivity index (χ1v) is 22.1. The predicted molar refractivity (Wildman–Crippen MR) is 219 cm³/mol. The van der Waals surface area contributed by atoms with E-state index in [0.29, 0.717) is 132 Å². The molecule has 1 unspecified atom stereocenters. The summed E-state index contributed by atoms with van der Waals surface area (Å²) in [5.74, 6) is 0.825. The second-order valence-corrected chi connectivity index (χ2v) is 14.0. The van der Waals surface area contributed by atoms with Gasteiger partial charge in [-0.25, -0.2) is 4.18 Å². The van der Waals surface area contributed by atoms with Crippen LogP contribution in [0.5, 0.6) is 5.75 Å². The van der Waals surface area contributed by atoms with Gasteiger partial charge in [0.05, 0.1) is 145 Å². The number of benzene rings is 1. The van der Waals surface area contributed by atoms with Gasteiger partial charge in [-0.05, 0) is 30.5 Å². The number of unbranched alkanes of at least 4 members (excludes halogenated alkanes) is 6. The third kappa shape index (κ3) is 39.6. The van der Waals surface area contributed by atoms with Crippen molar-refractivity contribution >= 4 is 10.4 Å². The van der Waals surface area contributed by atoms with Crippen molar-refractivity contribution in [2.75, 3.05) is 152 Å². The van der Waals surface area contributed by atoms with Gasteiger partial charge in [-0.3, -0.25) is 4.55 Å². The van der Waals surface area contributed by atoms with Crippen molar-refractivity contribution < 1.29 is 74.0 Å². The van der Waals surface area contributed by atoms with Gasteiger partial charge in [0.15, 0.2) is 0 Å². The van der Waals surface area contributed by atoms with Crippen LogP contribution in [0.2, 0.25) is 0 Å². The van der Waals surface area contributed by atoms with Crippen molar-refractivity contribution in [3.8, 4) is 5.75 Å². The topological polar surface area (TPSA) is 174 Å². The molecule has 0 bridgehead atoms. The summed E-state index contributed by atoms with van der Waals surface area (Å²) in [5.41, 5.74) is 1.35. The standard InChI is InChI=1S/C41H74O16S/c1-3-5-6-7-8-9-10-11-39-12-14-40(15-13-39)56-38-41(37-54-16-4-2)55-35-33-52-31-29-50-27-25-48-23-21-46-19-17-45-18-20-47-22-24-49-26-28-51-30-32-53-34-36-57-58(42,43)44/h4,12-15,41H,2-3,5-11,16-38H2,1H3,(H,42,43,44). The van der Waals surface area contributed by atoms with E-state index in [0.717, 1.165) is 12.2 Å². The first-order chi connectivity index (χ1) is 28.4. The van der Waals surface area contributed by atoms with Crippen LogP contribution in [0.25, 0.3) is 0 Å². The van der Waals surface area contributed by atoms with Crippen LogP contribution in [0.1, 0.15) is 57.4 Å². The molecule has 1 N–H and O–H groups in total. The summed E-state index contributed by atoms with van der Waals surface area (Å²) in [6.45, 7) is 14.8. The Morgan fingerprint density at radius 2 is 0.931 bits per heavy atom. The average molecular weight is 855 g/mol. The fourth-order valence-electron chi connectivity index (χ4n) is 4.99. The molecule has 0 amide bonds. The van der Waals surface area contributed by atoms with Gasteiger partial charge < -0.3 is 56.8 Å². The first kappa shape index (κ1) is 54.2. The van der Waals surface area contributed by atoms with Crippen molar-refractivity contribution in [1.82, 2.24) is 0 Å². The molecule has 0 aromatic heterocycles. The SMILES string of the molecule is C=CCOCC(COc1ccc(CCCCCCCCC)cc1)OCCOCCOCCOCCOCCOCCOCCOCCOCCOCCOS(=O)(=O)O. The van der Waals surface area contributed by atoms with Crippen molar-refractivity contribution in [2.45, 2.75) is 64.4 Å². The molecule has 1 aromatic carbocycles. The largest absolute Gasteiger partial charge is 0.491 e. The molecule has 0 spiro atoms. The third-order valence-electron chi connectivity index (χ3n) is 7.98. The second kappa shape index (κ2) is 41.9. The lowest BCUT2D eigenvalue weighted by molar-refractivity contribution is -0.0571. The summed E-state index contributed by atoms with van der Waals surface area (Å²) >= 11 is 0. The van der Waals surface area contributed by atoms with E-state index in [9.17, 15) is 8.42 Å². The average Bonchev–Trinajstić information content (AvgIpc) is 3.21. The molecular weight excluding hydrogens is 781 g/mol.